The molecule has 6 heteroatoms. The van der Waals surface area contributed by atoms with Gasteiger partial charge in [0.1, 0.15) is 11.5 Å². The van der Waals surface area contributed by atoms with Crippen molar-refractivity contribution in [3.05, 3.63) is 41.8 Å². The molecule has 0 unspecified atom stereocenters. The first-order valence-corrected chi connectivity index (χ1v) is 9.01. The van der Waals surface area contributed by atoms with Gasteiger partial charge in [0.05, 0.1) is 5.69 Å². The van der Waals surface area contributed by atoms with E-state index in [1.807, 2.05) is 6.92 Å². The topological polar surface area (TPSA) is 46.9 Å². The first-order valence-electron chi connectivity index (χ1n) is 8.38. The van der Waals surface area contributed by atoms with Gasteiger partial charge in [0.25, 0.3) is 5.91 Å². The number of aryl methyl sites for hydroxylation is 1. The summed E-state index contributed by atoms with van der Waals surface area (Å²) < 4.78 is 14.7. The SMILES string of the molecule is CCn1nc(-c2ccc(F)cc2)cc1C(=O)NCCCCCCS. The molecule has 1 amide bonds. The Morgan fingerprint density at radius 2 is 1.92 bits per heavy atom. The van der Waals surface area contributed by atoms with Crippen LogP contribution in [0.2, 0.25) is 0 Å². The van der Waals surface area contributed by atoms with Crippen molar-refractivity contribution in [3.8, 4) is 11.3 Å². The normalized spacial score (nSPS) is 10.8. The second kappa shape index (κ2) is 9.47. The van der Waals surface area contributed by atoms with Gasteiger partial charge in [-0.15, -0.1) is 0 Å². The van der Waals surface area contributed by atoms with Crippen molar-refractivity contribution in [2.45, 2.75) is 39.2 Å². The van der Waals surface area contributed by atoms with Gasteiger partial charge < -0.3 is 5.32 Å². The summed E-state index contributed by atoms with van der Waals surface area (Å²) in [5.74, 6) is 0.505. The van der Waals surface area contributed by atoms with E-state index in [0.717, 1.165) is 37.0 Å². The van der Waals surface area contributed by atoms with Gasteiger partial charge in [-0.2, -0.15) is 17.7 Å². The average molecular weight is 349 g/mol. The van der Waals surface area contributed by atoms with E-state index in [2.05, 4.69) is 23.0 Å². The molecular weight excluding hydrogens is 325 g/mol. The standard InChI is InChI=1S/C18H24FN3OS/c1-2-22-17(18(23)20-11-5-3-4-6-12-24)13-16(21-22)14-7-9-15(19)10-8-14/h7-10,13,24H,2-6,11-12H2,1H3,(H,20,23). The second-order valence-electron chi connectivity index (χ2n) is 5.63. The molecule has 24 heavy (non-hydrogen) atoms. The van der Waals surface area contributed by atoms with Gasteiger partial charge in [-0.3, -0.25) is 9.48 Å². The molecule has 0 aliphatic rings. The monoisotopic (exact) mass is 349 g/mol. The van der Waals surface area contributed by atoms with E-state index in [9.17, 15) is 9.18 Å². The third-order valence-electron chi connectivity index (χ3n) is 3.82. The van der Waals surface area contributed by atoms with Gasteiger partial charge in [-0.1, -0.05) is 12.8 Å². The Morgan fingerprint density at radius 3 is 2.58 bits per heavy atom. The van der Waals surface area contributed by atoms with E-state index in [1.54, 1.807) is 22.9 Å². The summed E-state index contributed by atoms with van der Waals surface area (Å²) in [5, 5.41) is 7.39. The first-order chi connectivity index (χ1) is 11.7. The number of thiol groups is 1. The van der Waals surface area contributed by atoms with E-state index in [1.165, 1.54) is 12.1 Å². The molecule has 0 fully saturated rings. The van der Waals surface area contributed by atoms with Gasteiger partial charge in [0, 0.05) is 18.7 Å². The maximum atomic E-state index is 13.0. The number of nitrogens with zero attached hydrogens (tertiary/aromatic N) is 2. The van der Waals surface area contributed by atoms with Crippen LogP contribution in [-0.4, -0.2) is 28.0 Å². The summed E-state index contributed by atoms with van der Waals surface area (Å²) in [6.45, 7) is 3.20. The zero-order chi connectivity index (χ0) is 17.4. The van der Waals surface area contributed by atoms with Gasteiger partial charge >= 0.3 is 0 Å². The number of carbonyl (C=O) groups excluding carboxylic acids is 1. The Hall–Kier alpha value is -1.82. The summed E-state index contributed by atoms with van der Waals surface area (Å²) in [7, 11) is 0. The van der Waals surface area contributed by atoms with Crippen molar-refractivity contribution in [3.63, 3.8) is 0 Å². The lowest BCUT2D eigenvalue weighted by atomic mass is 10.1. The molecular formula is C18H24FN3OS. The van der Waals surface area contributed by atoms with Crippen LogP contribution in [0.25, 0.3) is 11.3 Å². The van der Waals surface area contributed by atoms with Gasteiger partial charge in [-0.25, -0.2) is 4.39 Å². The fourth-order valence-electron chi connectivity index (χ4n) is 2.49. The fraction of sp³-hybridized carbons (Fsp3) is 0.444. The minimum Gasteiger partial charge on any atom is -0.351 e. The Kier molecular flexibility index (Phi) is 7.31. The fourth-order valence-corrected chi connectivity index (χ4v) is 2.71. The van der Waals surface area contributed by atoms with Crippen LogP contribution in [0.3, 0.4) is 0 Å². The van der Waals surface area contributed by atoms with Gasteiger partial charge in [-0.05, 0) is 55.9 Å². The molecule has 1 aromatic heterocycles. The number of nitrogens with one attached hydrogen (secondary N) is 1. The Balaban J connectivity index is 1.98. The molecule has 0 aliphatic heterocycles. The van der Waals surface area contributed by atoms with Crippen LogP contribution in [0.5, 0.6) is 0 Å². The van der Waals surface area contributed by atoms with E-state index >= 15 is 0 Å². The highest BCUT2D eigenvalue weighted by molar-refractivity contribution is 7.80. The molecule has 2 aromatic rings. The maximum absolute atomic E-state index is 13.0. The molecule has 0 atom stereocenters. The molecule has 0 aliphatic carbocycles. The molecule has 0 bridgehead atoms. The van der Waals surface area contributed by atoms with E-state index in [0.29, 0.717) is 24.5 Å². The number of carbonyl (C=O) groups is 1. The number of unbranched alkanes of at least 4 members (excludes halogenated alkanes) is 3. The molecule has 130 valence electrons. The van der Waals surface area contributed by atoms with E-state index in [4.69, 9.17) is 0 Å². The number of amides is 1. The molecule has 1 aromatic carbocycles. The molecule has 0 saturated heterocycles. The largest absolute Gasteiger partial charge is 0.351 e. The predicted molar refractivity (Wildman–Crippen MR) is 97.9 cm³/mol. The number of halogens is 1. The van der Waals surface area contributed by atoms with Crippen LogP contribution < -0.4 is 5.32 Å². The summed E-state index contributed by atoms with van der Waals surface area (Å²) in [6.07, 6.45) is 4.31. The maximum Gasteiger partial charge on any atom is 0.269 e. The van der Waals surface area contributed by atoms with Crippen LogP contribution in [-0.2, 0) is 6.54 Å². The summed E-state index contributed by atoms with van der Waals surface area (Å²) >= 11 is 4.19. The second-order valence-corrected chi connectivity index (χ2v) is 6.08. The summed E-state index contributed by atoms with van der Waals surface area (Å²) in [6, 6.07) is 7.88. The third-order valence-corrected chi connectivity index (χ3v) is 4.14. The molecule has 0 saturated carbocycles. The Bertz CT molecular complexity index is 655. The number of rotatable bonds is 9. The van der Waals surface area contributed by atoms with Crippen molar-refractivity contribution in [1.82, 2.24) is 15.1 Å². The lowest BCUT2D eigenvalue weighted by Crippen LogP contribution is -2.27. The van der Waals surface area contributed by atoms with Crippen LogP contribution >= 0.6 is 12.6 Å². The van der Waals surface area contributed by atoms with Crippen LogP contribution in [0.4, 0.5) is 4.39 Å². The lowest BCUT2D eigenvalue weighted by molar-refractivity contribution is 0.0942. The summed E-state index contributed by atoms with van der Waals surface area (Å²) in [4.78, 5) is 12.4. The molecule has 1 heterocycles. The zero-order valence-electron chi connectivity index (χ0n) is 14.0. The zero-order valence-corrected chi connectivity index (χ0v) is 14.9. The van der Waals surface area contributed by atoms with Crippen molar-refractivity contribution in [2.24, 2.45) is 0 Å². The minimum atomic E-state index is -0.287. The predicted octanol–water partition coefficient (Wildman–Crippen LogP) is 3.93. The molecule has 0 radical (unpaired) electrons. The van der Waals surface area contributed by atoms with Gasteiger partial charge in [0.15, 0.2) is 0 Å². The molecule has 4 nitrogen and oxygen atoms in total. The Labute approximate surface area is 147 Å². The number of hydrogen-bond acceptors (Lipinski definition) is 3. The number of benzene rings is 1. The van der Waals surface area contributed by atoms with E-state index in [-0.39, 0.29) is 11.7 Å². The van der Waals surface area contributed by atoms with Crippen molar-refractivity contribution in [1.29, 1.82) is 0 Å². The van der Waals surface area contributed by atoms with Crippen LogP contribution in [0, 0.1) is 5.82 Å². The highest BCUT2D eigenvalue weighted by Gasteiger charge is 2.15. The van der Waals surface area contributed by atoms with Crippen molar-refractivity contribution in [2.75, 3.05) is 12.3 Å². The smallest absolute Gasteiger partial charge is 0.269 e. The quantitative estimate of drug-likeness (QED) is 0.532. The van der Waals surface area contributed by atoms with E-state index < -0.39 is 0 Å². The highest BCUT2D eigenvalue weighted by atomic mass is 32.1. The average Bonchev–Trinajstić information content (AvgIpc) is 3.03. The first kappa shape index (κ1) is 18.5. The molecule has 0 spiro atoms. The summed E-state index contributed by atoms with van der Waals surface area (Å²) in [5.41, 5.74) is 2.01. The minimum absolute atomic E-state index is 0.119. The Morgan fingerprint density at radius 1 is 1.21 bits per heavy atom. The van der Waals surface area contributed by atoms with Crippen LogP contribution in [0.15, 0.2) is 30.3 Å². The van der Waals surface area contributed by atoms with Crippen molar-refractivity contribution >= 4 is 18.5 Å². The van der Waals surface area contributed by atoms with Crippen molar-refractivity contribution < 1.29 is 9.18 Å². The van der Waals surface area contributed by atoms with Crippen LogP contribution in [0.1, 0.15) is 43.1 Å². The molecule has 2 rings (SSSR count). The number of aromatic nitrogens is 2. The lowest BCUT2D eigenvalue weighted by Gasteiger charge is -2.06. The molecule has 1 N–H and O–H groups in total. The van der Waals surface area contributed by atoms with Gasteiger partial charge in [0.2, 0.25) is 0 Å². The highest BCUT2D eigenvalue weighted by Crippen LogP contribution is 2.19. The number of hydrogen-bond donors (Lipinski definition) is 2. The third kappa shape index (κ3) is 5.09.